The standard InChI is InChI=1S/C20H22N2O4/c23-17-10-9-16(13-21-17)18(24)22-20(11-5-2-6-12-20)19(25)26-14-15-7-3-1-4-8-15/h1,3-4,7-10,13H,2,5-6,11-12,14H2,(H,21,23)(H,22,24). The highest BCUT2D eigenvalue weighted by Crippen LogP contribution is 2.30. The van der Waals surface area contributed by atoms with Crippen LogP contribution < -0.4 is 10.9 Å². The second kappa shape index (κ2) is 7.99. The fourth-order valence-corrected chi connectivity index (χ4v) is 3.24. The molecular weight excluding hydrogens is 332 g/mol. The van der Waals surface area contributed by atoms with Gasteiger partial charge in [-0.25, -0.2) is 4.79 Å². The topological polar surface area (TPSA) is 88.3 Å². The molecule has 1 saturated carbocycles. The smallest absolute Gasteiger partial charge is 0.332 e. The normalized spacial score (nSPS) is 15.8. The fraction of sp³-hybridized carbons (Fsp3) is 0.350. The Bertz CT molecular complexity index is 803. The van der Waals surface area contributed by atoms with Crippen molar-refractivity contribution in [1.29, 1.82) is 0 Å². The molecule has 0 saturated heterocycles. The molecule has 6 nitrogen and oxygen atoms in total. The maximum atomic E-state index is 12.8. The number of aromatic amines is 1. The van der Waals surface area contributed by atoms with Crippen LogP contribution in [0.4, 0.5) is 0 Å². The zero-order valence-electron chi connectivity index (χ0n) is 14.5. The van der Waals surface area contributed by atoms with Crippen molar-refractivity contribution in [2.75, 3.05) is 0 Å². The minimum atomic E-state index is -1.01. The van der Waals surface area contributed by atoms with Gasteiger partial charge in [-0.3, -0.25) is 9.59 Å². The minimum Gasteiger partial charge on any atom is -0.459 e. The SMILES string of the molecule is O=C(NC1(C(=O)OCc2ccccc2)CCCCC1)c1ccc(=O)[nH]c1. The Hall–Kier alpha value is -2.89. The lowest BCUT2D eigenvalue weighted by Gasteiger charge is -2.35. The number of H-pyrrole nitrogens is 1. The van der Waals surface area contributed by atoms with Gasteiger partial charge in [-0.15, -0.1) is 0 Å². The first-order chi connectivity index (χ1) is 12.6. The van der Waals surface area contributed by atoms with Gasteiger partial charge < -0.3 is 15.0 Å². The van der Waals surface area contributed by atoms with E-state index in [0.29, 0.717) is 18.4 Å². The van der Waals surface area contributed by atoms with Gasteiger partial charge in [-0.1, -0.05) is 49.6 Å². The van der Waals surface area contributed by atoms with Crippen LogP contribution in [0.25, 0.3) is 0 Å². The molecule has 0 atom stereocenters. The molecule has 1 aromatic heterocycles. The number of pyridine rings is 1. The molecule has 1 heterocycles. The summed E-state index contributed by atoms with van der Waals surface area (Å²) in [6.07, 6.45) is 5.19. The number of hydrogen-bond donors (Lipinski definition) is 2. The van der Waals surface area contributed by atoms with Gasteiger partial charge in [0.1, 0.15) is 12.1 Å². The Kier molecular flexibility index (Phi) is 5.51. The number of aromatic nitrogens is 1. The lowest BCUT2D eigenvalue weighted by atomic mass is 9.81. The minimum absolute atomic E-state index is 0.177. The molecule has 136 valence electrons. The van der Waals surface area contributed by atoms with Gasteiger partial charge >= 0.3 is 5.97 Å². The number of esters is 1. The predicted molar refractivity (Wildman–Crippen MR) is 96.6 cm³/mol. The number of hydrogen-bond acceptors (Lipinski definition) is 4. The van der Waals surface area contributed by atoms with Crippen molar-refractivity contribution >= 4 is 11.9 Å². The second-order valence-electron chi connectivity index (χ2n) is 6.60. The zero-order valence-corrected chi connectivity index (χ0v) is 14.5. The molecule has 1 aliphatic carbocycles. The monoisotopic (exact) mass is 354 g/mol. The van der Waals surface area contributed by atoms with E-state index in [2.05, 4.69) is 10.3 Å². The van der Waals surface area contributed by atoms with E-state index in [-0.39, 0.29) is 18.1 Å². The third-order valence-corrected chi connectivity index (χ3v) is 4.71. The van der Waals surface area contributed by atoms with E-state index in [4.69, 9.17) is 4.74 Å². The number of carbonyl (C=O) groups excluding carboxylic acids is 2. The number of carbonyl (C=O) groups is 2. The lowest BCUT2D eigenvalue weighted by Crippen LogP contribution is -2.56. The van der Waals surface area contributed by atoms with E-state index in [0.717, 1.165) is 24.8 Å². The van der Waals surface area contributed by atoms with Crippen LogP contribution in [0.1, 0.15) is 48.0 Å². The van der Waals surface area contributed by atoms with Crippen LogP contribution in [-0.2, 0) is 16.1 Å². The van der Waals surface area contributed by atoms with E-state index in [9.17, 15) is 14.4 Å². The van der Waals surface area contributed by atoms with Crippen LogP contribution in [0.2, 0.25) is 0 Å². The summed E-state index contributed by atoms with van der Waals surface area (Å²) in [5.41, 5.74) is -0.0827. The summed E-state index contributed by atoms with van der Waals surface area (Å²) in [4.78, 5) is 39.0. The predicted octanol–water partition coefficient (Wildman–Crippen LogP) is 2.55. The van der Waals surface area contributed by atoms with Gasteiger partial charge in [0.25, 0.3) is 5.91 Å². The van der Waals surface area contributed by atoms with Crippen LogP contribution in [0.3, 0.4) is 0 Å². The molecule has 0 unspecified atom stereocenters. The van der Waals surface area contributed by atoms with Crippen LogP contribution in [0.5, 0.6) is 0 Å². The molecule has 0 aliphatic heterocycles. The van der Waals surface area contributed by atoms with Crippen LogP contribution >= 0.6 is 0 Å². The number of rotatable bonds is 5. The molecular formula is C20H22N2O4. The maximum Gasteiger partial charge on any atom is 0.332 e. The zero-order chi connectivity index (χ0) is 18.4. The first-order valence-electron chi connectivity index (χ1n) is 8.81. The number of amides is 1. The van der Waals surface area contributed by atoms with Gasteiger partial charge in [-0.2, -0.15) is 0 Å². The average Bonchev–Trinajstić information content (AvgIpc) is 2.68. The van der Waals surface area contributed by atoms with Crippen molar-refractivity contribution in [3.05, 3.63) is 70.1 Å². The van der Waals surface area contributed by atoms with Crippen molar-refractivity contribution in [1.82, 2.24) is 10.3 Å². The fourth-order valence-electron chi connectivity index (χ4n) is 3.24. The second-order valence-corrected chi connectivity index (χ2v) is 6.60. The molecule has 1 amide bonds. The lowest BCUT2D eigenvalue weighted by molar-refractivity contribution is -0.154. The van der Waals surface area contributed by atoms with Crippen molar-refractivity contribution in [2.45, 2.75) is 44.2 Å². The Morgan fingerprint density at radius 3 is 2.42 bits per heavy atom. The highest BCUT2D eigenvalue weighted by molar-refractivity contribution is 5.98. The Morgan fingerprint density at radius 1 is 1.04 bits per heavy atom. The Labute approximate surface area is 151 Å². The molecule has 26 heavy (non-hydrogen) atoms. The van der Waals surface area contributed by atoms with Gasteiger partial charge in [0, 0.05) is 12.3 Å². The quantitative estimate of drug-likeness (QED) is 0.808. The number of benzene rings is 1. The highest BCUT2D eigenvalue weighted by atomic mass is 16.5. The summed E-state index contributed by atoms with van der Waals surface area (Å²) >= 11 is 0. The van der Waals surface area contributed by atoms with Crippen molar-refractivity contribution in [3.8, 4) is 0 Å². The highest BCUT2D eigenvalue weighted by Gasteiger charge is 2.42. The van der Waals surface area contributed by atoms with Crippen molar-refractivity contribution in [2.24, 2.45) is 0 Å². The summed E-state index contributed by atoms with van der Waals surface area (Å²) in [5, 5.41) is 2.87. The number of ether oxygens (including phenoxy) is 1. The molecule has 3 rings (SSSR count). The van der Waals surface area contributed by atoms with Crippen LogP contribution in [-0.4, -0.2) is 22.4 Å². The molecule has 1 aromatic carbocycles. The molecule has 1 fully saturated rings. The Balaban J connectivity index is 1.72. The third kappa shape index (κ3) is 4.20. The van der Waals surface area contributed by atoms with Crippen LogP contribution in [0.15, 0.2) is 53.5 Å². The summed E-state index contributed by atoms with van der Waals surface area (Å²) in [6, 6.07) is 12.2. The maximum absolute atomic E-state index is 12.8. The van der Waals surface area contributed by atoms with Crippen molar-refractivity contribution < 1.29 is 14.3 Å². The molecule has 0 bridgehead atoms. The first-order valence-corrected chi connectivity index (χ1v) is 8.81. The van der Waals surface area contributed by atoms with E-state index in [1.807, 2.05) is 30.3 Å². The van der Waals surface area contributed by atoms with Gasteiger partial charge in [0.05, 0.1) is 5.56 Å². The van der Waals surface area contributed by atoms with Crippen molar-refractivity contribution in [3.63, 3.8) is 0 Å². The largest absolute Gasteiger partial charge is 0.459 e. The van der Waals surface area contributed by atoms with E-state index >= 15 is 0 Å². The summed E-state index contributed by atoms with van der Waals surface area (Å²) in [6.45, 7) is 0.177. The summed E-state index contributed by atoms with van der Waals surface area (Å²) in [5.74, 6) is -0.793. The third-order valence-electron chi connectivity index (χ3n) is 4.71. The van der Waals surface area contributed by atoms with E-state index < -0.39 is 11.5 Å². The molecule has 0 radical (unpaired) electrons. The Morgan fingerprint density at radius 2 is 1.77 bits per heavy atom. The average molecular weight is 354 g/mol. The van der Waals surface area contributed by atoms with Gasteiger partial charge in [0.15, 0.2) is 0 Å². The van der Waals surface area contributed by atoms with Gasteiger partial charge in [-0.05, 0) is 24.5 Å². The molecule has 6 heteroatoms. The van der Waals surface area contributed by atoms with Gasteiger partial charge in [0.2, 0.25) is 5.56 Å². The number of nitrogens with one attached hydrogen (secondary N) is 2. The summed E-state index contributed by atoms with van der Waals surface area (Å²) in [7, 11) is 0. The van der Waals surface area contributed by atoms with E-state index in [1.54, 1.807) is 0 Å². The molecule has 2 N–H and O–H groups in total. The molecule has 1 aliphatic rings. The summed E-state index contributed by atoms with van der Waals surface area (Å²) < 4.78 is 5.52. The molecule has 0 spiro atoms. The van der Waals surface area contributed by atoms with E-state index in [1.165, 1.54) is 18.3 Å². The first kappa shape index (κ1) is 17.9. The van der Waals surface area contributed by atoms with Crippen LogP contribution in [0, 0.1) is 0 Å². The molecule has 2 aromatic rings.